The first-order valence-corrected chi connectivity index (χ1v) is 7.20. The minimum absolute atomic E-state index is 0.0122. The number of thioether (sulfide) groups is 1. The minimum atomic E-state index is -4.52. The van der Waals surface area contributed by atoms with Crippen molar-refractivity contribution in [1.29, 1.82) is 0 Å². The van der Waals surface area contributed by atoms with Crippen molar-refractivity contribution in [1.82, 2.24) is 0 Å². The lowest BCUT2D eigenvalue weighted by atomic mass is 10.4. The molecule has 7 heteroatoms. The average molecular weight is 282 g/mol. The second kappa shape index (κ2) is 5.79. The predicted octanol–water partition coefficient (Wildman–Crippen LogP) is 2.16. The molecule has 0 spiro atoms. The van der Waals surface area contributed by atoms with E-state index in [0.717, 1.165) is 17.0 Å². The Bertz CT molecular complexity index is 457. The van der Waals surface area contributed by atoms with Crippen molar-refractivity contribution >= 4 is 21.6 Å². The van der Waals surface area contributed by atoms with Gasteiger partial charge in [0.2, 0.25) is 9.84 Å². The Morgan fingerprint density at radius 2 is 1.82 bits per heavy atom. The van der Waals surface area contributed by atoms with Gasteiger partial charge in [-0.05, 0) is 24.3 Å². The van der Waals surface area contributed by atoms with E-state index in [1.807, 2.05) is 0 Å². The molecule has 96 valence electrons. The second-order valence-corrected chi connectivity index (χ2v) is 6.82. The topological polar surface area (TPSA) is 54.4 Å². The number of hydrogen-bond donors (Lipinski definition) is 1. The molecule has 0 saturated heterocycles. The van der Waals surface area contributed by atoms with Crippen molar-refractivity contribution in [3.8, 4) is 0 Å². The summed E-state index contributed by atoms with van der Waals surface area (Å²) in [5, 5.41) is 8.80. The van der Waals surface area contributed by atoms with E-state index in [1.165, 1.54) is 23.9 Å². The van der Waals surface area contributed by atoms with Gasteiger partial charge in [-0.15, -0.1) is 11.8 Å². The second-order valence-electron chi connectivity index (χ2n) is 3.39. The molecule has 0 bridgehead atoms. The molecule has 0 aliphatic carbocycles. The van der Waals surface area contributed by atoms with E-state index in [0.29, 0.717) is 0 Å². The number of aliphatic hydroxyl groups is 1. The molecule has 0 unspecified atom stereocenters. The lowest BCUT2D eigenvalue weighted by molar-refractivity contribution is 0.234. The lowest BCUT2D eigenvalue weighted by Crippen LogP contribution is -2.11. The third-order valence-electron chi connectivity index (χ3n) is 1.98. The molecule has 0 radical (unpaired) electrons. The normalized spacial score (nSPS) is 13.9. The highest BCUT2D eigenvalue weighted by molar-refractivity contribution is 8.00. The molecule has 1 rings (SSSR count). The van der Waals surface area contributed by atoms with Crippen LogP contribution in [0.25, 0.3) is 0 Å². The van der Waals surface area contributed by atoms with Crippen molar-refractivity contribution in [2.24, 2.45) is 0 Å². The van der Waals surface area contributed by atoms with Crippen LogP contribution in [0.4, 0.5) is 8.78 Å². The van der Waals surface area contributed by atoms with Gasteiger partial charge in [-0.25, -0.2) is 8.42 Å². The summed E-state index contributed by atoms with van der Waals surface area (Å²) < 4.78 is 46.7. The molecule has 17 heavy (non-hydrogen) atoms. The van der Waals surface area contributed by atoms with Gasteiger partial charge in [0, 0.05) is 10.1 Å². The standard InChI is InChI=1S/C10H12F2O3S2/c1-7(6-13)16-8-2-4-9(5-3-8)17(14,15)10(11)12/h2-5,7,10,13H,6H2,1H3/t7-/m0/s1. The van der Waals surface area contributed by atoms with Crippen LogP contribution in [-0.2, 0) is 9.84 Å². The molecule has 0 aliphatic rings. The lowest BCUT2D eigenvalue weighted by Gasteiger charge is -2.08. The van der Waals surface area contributed by atoms with Crippen LogP contribution < -0.4 is 0 Å². The van der Waals surface area contributed by atoms with Gasteiger partial charge in [-0.1, -0.05) is 6.92 Å². The van der Waals surface area contributed by atoms with Gasteiger partial charge in [0.25, 0.3) is 0 Å². The molecule has 0 fully saturated rings. The van der Waals surface area contributed by atoms with Crippen LogP contribution >= 0.6 is 11.8 Å². The van der Waals surface area contributed by atoms with E-state index in [2.05, 4.69) is 0 Å². The van der Waals surface area contributed by atoms with Gasteiger partial charge in [0.05, 0.1) is 11.5 Å². The summed E-state index contributed by atoms with van der Waals surface area (Å²) in [6.45, 7) is 1.79. The zero-order chi connectivity index (χ0) is 13.1. The van der Waals surface area contributed by atoms with Gasteiger partial charge in [-0.3, -0.25) is 0 Å². The van der Waals surface area contributed by atoms with Crippen LogP contribution in [0.2, 0.25) is 0 Å². The van der Waals surface area contributed by atoms with Crippen LogP contribution in [0.15, 0.2) is 34.1 Å². The molecule has 1 N–H and O–H groups in total. The molecule has 1 aromatic carbocycles. The molecular formula is C10H12F2O3S2. The number of hydrogen-bond acceptors (Lipinski definition) is 4. The van der Waals surface area contributed by atoms with E-state index in [1.54, 1.807) is 6.92 Å². The van der Waals surface area contributed by atoms with Crippen LogP contribution in [0.1, 0.15) is 6.92 Å². The Morgan fingerprint density at radius 1 is 1.29 bits per heavy atom. The van der Waals surface area contributed by atoms with Crippen molar-refractivity contribution < 1.29 is 22.3 Å². The molecule has 0 saturated carbocycles. The van der Waals surface area contributed by atoms with E-state index in [-0.39, 0.29) is 11.9 Å². The van der Waals surface area contributed by atoms with E-state index in [9.17, 15) is 17.2 Å². The highest BCUT2D eigenvalue weighted by Crippen LogP contribution is 2.25. The van der Waals surface area contributed by atoms with Gasteiger partial charge < -0.3 is 5.11 Å². The molecule has 0 aliphatic heterocycles. The molecule has 0 heterocycles. The summed E-state index contributed by atoms with van der Waals surface area (Å²) >= 11 is 1.34. The molecule has 1 aromatic rings. The van der Waals surface area contributed by atoms with Crippen molar-refractivity contribution in [2.45, 2.75) is 27.7 Å². The van der Waals surface area contributed by atoms with Gasteiger partial charge >= 0.3 is 5.76 Å². The monoisotopic (exact) mass is 282 g/mol. The number of rotatable bonds is 5. The third-order valence-corrected chi connectivity index (χ3v) is 4.48. The van der Waals surface area contributed by atoms with Crippen LogP contribution in [0.3, 0.4) is 0 Å². The zero-order valence-electron chi connectivity index (χ0n) is 9.01. The molecule has 0 aromatic heterocycles. The summed E-state index contributed by atoms with van der Waals surface area (Å²) in [7, 11) is -4.52. The molecule has 0 amide bonds. The number of benzene rings is 1. The van der Waals surface area contributed by atoms with Crippen molar-refractivity contribution in [2.75, 3.05) is 6.61 Å². The van der Waals surface area contributed by atoms with E-state index < -0.39 is 20.5 Å². The SMILES string of the molecule is C[C@@H](CO)Sc1ccc(S(=O)(=O)C(F)F)cc1. The molecular weight excluding hydrogens is 270 g/mol. The third kappa shape index (κ3) is 3.65. The number of sulfone groups is 1. The number of aliphatic hydroxyl groups excluding tert-OH is 1. The van der Waals surface area contributed by atoms with Crippen LogP contribution in [-0.4, -0.2) is 31.1 Å². The zero-order valence-corrected chi connectivity index (χ0v) is 10.6. The molecule has 3 nitrogen and oxygen atoms in total. The van der Waals surface area contributed by atoms with Crippen LogP contribution in [0, 0.1) is 0 Å². The largest absolute Gasteiger partial charge is 0.395 e. The Labute approximate surface area is 103 Å². The Balaban J connectivity index is 2.89. The first-order valence-electron chi connectivity index (χ1n) is 4.77. The fourth-order valence-corrected chi connectivity index (χ4v) is 2.63. The fourth-order valence-electron chi connectivity index (χ4n) is 1.08. The van der Waals surface area contributed by atoms with Gasteiger partial charge in [-0.2, -0.15) is 8.78 Å². The Morgan fingerprint density at radius 3 is 2.24 bits per heavy atom. The maximum atomic E-state index is 12.2. The summed E-state index contributed by atoms with van der Waals surface area (Å²) in [5.41, 5.74) is 0. The number of alkyl halides is 2. The number of halogens is 2. The highest BCUT2D eigenvalue weighted by Gasteiger charge is 2.26. The smallest absolute Gasteiger partial charge is 0.341 e. The van der Waals surface area contributed by atoms with E-state index >= 15 is 0 Å². The molecule has 1 atom stereocenters. The average Bonchev–Trinajstić information content (AvgIpc) is 2.29. The van der Waals surface area contributed by atoms with E-state index in [4.69, 9.17) is 5.11 Å². The summed E-state index contributed by atoms with van der Waals surface area (Å²) in [6, 6.07) is 5.19. The first-order chi connectivity index (χ1) is 7.87. The first kappa shape index (κ1) is 14.4. The maximum absolute atomic E-state index is 12.2. The van der Waals surface area contributed by atoms with Crippen LogP contribution in [0.5, 0.6) is 0 Å². The quantitative estimate of drug-likeness (QED) is 0.841. The van der Waals surface area contributed by atoms with Crippen molar-refractivity contribution in [3.63, 3.8) is 0 Å². The summed E-state index contributed by atoms with van der Waals surface area (Å²) in [5.74, 6) is -3.41. The summed E-state index contributed by atoms with van der Waals surface area (Å²) in [4.78, 5) is 0.327. The van der Waals surface area contributed by atoms with Crippen molar-refractivity contribution in [3.05, 3.63) is 24.3 Å². The fraction of sp³-hybridized carbons (Fsp3) is 0.400. The minimum Gasteiger partial charge on any atom is -0.395 e. The van der Waals surface area contributed by atoms with Gasteiger partial charge in [0.15, 0.2) is 0 Å². The summed E-state index contributed by atoms with van der Waals surface area (Å²) in [6.07, 6.45) is 0. The Hall–Kier alpha value is -0.660. The maximum Gasteiger partial charge on any atom is 0.341 e. The highest BCUT2D eigenvalue weighted by atomic mass is 32.2. The van der Waals surface area contributed by atoms with Gasteiger partial charge in [0.1, 0.15) is 0 Å². The predicted molar refractivity (Wildman–Crippen MR) is 62.0 cm³/mol. The Kier molecular flexibility index (Phi) is 4.91.